The lowest BCUT2D eigenvalue weighted by Gasteiger charge is -2.39. The van der Waals surface area contributed by atoms with Crippen LogP contribution in [-0.2, 0) is 40.1 Å². The number of aliphatic hydroxyl groups excluding tert-OH is 2. The molecule has 2 amide bonds. The van der Waals surface area contributed by atoms with E-state index in [1.165, 1.54) is 12.1 Å². The first kappa shape index (κ1) is 32.7. The van der Waals surface area contributed by atoms with Gasteiger partial charge >= 0.3 is 28.1 Å². The molecule has 0 bridgehead atoms. The number of hydrogen-bond acceptors (Lipinski definition) is 13. The molecule has 3 rings (SSSR count). The Balaban J connectivity index is 1.70. The van der Waals surface area contributed by atoms with Crippen molar-refractivity contribution < 1.29 is 65.5 Å². The van der Waals surface area contributed by atoms with E-state index in [1.54, 1.807) is 6.92 Å². The molecule has 0 saturated carbocycles. The van der Waals surface area contributed by atoms with E-state index in [9.17, 15) is 42.9 Å². The Hall–Kier alpha value is -3.81. The summed E-state index contributed by atoms with van der Waals surface area (Å²) in [6.07, 6.45) is -10.00. The van der Waals surface area contributed by atoms with Gasteiger partial charge in [0.2, 0.25) is 12.2 Å². The van der Waals surface area contributed by atoms with Crippen LogP contribution in [0.1, 0.15) is 25.3 Å². The highest BCUT2D eigenvalue weighted by atomic mass is 32.3. The van der Waals surface area contributed by atoms with Crippen LogP contribution in [-0.4, -0.2) is 96.7 Å². The van der Waals surface area contributed by atoms with Gasteiger partial charge in [0.25, 0.3) is 0 Å². The molecular weight excluding hydrogens is 588 g/mol. The Kier molecular flexibility index (Phi) is 11.2. The molecule has 232 valence electrons. The maximum absolute atomic E-state index is 12.5. The topological polar surface area (TPSA) is 257 Å². The number of alkyl carbamates (subject to hydrolysis) is 1. The van der Waals surface area contributed by atoms with Crippen molar-refractivity contribution in [3.8, 4) is 5.75 Å². The van der Waals surface area contributed by atoms with Crippen LogP contribution in [0.4, 0.5) is 4.79 Å². The molecule has 0 radical (unpaired) electrons. The molecule has 1 aliphatic rings. The number of rotatable bonds is 13. The number of carbonyl (C=O) groups is 3. The van der Waals surface area contributed by atoms with E-state index in [0.717, 1.165) is 12.1 Å². The number of carbonyl (C=O) groups excluding carboxylic acids is 2. The largest absolute Gasteiger partial charge is 0.479 e. The van der Waals surface area contributed by atoms with Crippen molar-refractivity contribution in [3.63, 3.8) is 0 Å². The number of unbranched alkanes of at least 4 members (excludes halogenated alkanes) is 1. The molecule has 1 aliphatic heterocycles. The highest BCUT2D eigenvalue weighted by Gasteiger charge is 2.51. The lowest BCUT2D eigenvalue weighted by atomic mass is 9.99. The van der Waals surface area contributed by atoms with Crippen molar-refractivity contribution in [2.75, 3.05) is 19.7 Å². The van der Waals surface area contributed by atoms with E-state index >= 15 is 0 Å². The van der Waals surface area contributed by atoms with Crippen molar-refractivity contribution in [1.29, 1.82) is 0 Å². The second kappa shape index (κ2) is 14.4. The van der Waals surface area contributed by atoms with Crippen LogP contribution in [0.3, 0.4) is 0 Å². The molecule has 1 fully saturated rings. The Labute approximate surface area is 238 Å². The van der Waals surface area contributed by atoms with Gasteiger partial charge in [-0.2, -0.15) is 8.42 Å². The van der Waals surface area contributed by atoms with Crippen molar-refractivity contribution in [2.45, 2.75) is 56.9 Å². The number of nitrogens with one attached hydrogen (secondary N) is 2. The summed E-state index contributed by atoms with van der Waals surface area (Å²) in [4.78, 5) is 47.3. The minimum atomic E-state index is -5.22. The van der Waals surface area contributed by atoms with Crippen LogP contribution >= 0.6 is 0 Å². The first-order valence-electron chi connectivity index (χ1n) is 12.6. The van der Waals surface area contributed by atoms with Gasteiger partial charge in [0.05, 0.1) is 13.0 Å². The maximum Gasteiger partial charge on any atom is 0.407 e. The summed E-state index contributed by atoms with van der Waals surface area (Å²) in [5, 5.41) is 35.1. The van der Waals surface area contributed by atoms with Crippen LogP contribution in [0.2, 0.25) is 0 Å². The van der Waals surface area contributed by atoms with E-state index in [4.69, 9.17) is 23.2 Å². The number of hydrogen-bond donors (Lipinski definition) is 6. The summed E-state index contributed by atoms with van der Waals surface area (Å²) in [5.74, 6) is -2.28. The van der Waals surface area contributed by atoms with Gasteiger partial charge in [-0.05, 0) is 37.5 Å². The summed E-state index contributed by atoms with van der Waals surface area (Å²) >= 11 is 0. The molecule has 42 heavy (non-hydrogen) atoms. The van der Waals surface area contributed by atoms with Gasteiger partial charge in [-0.15, -0.1) is 0 Å². The molecular formula is C24H30N2O15S. The second-order valence-electron chi connectivity index (χ2n) is 8.98. The zero-order valence-corrected chi connectivity index (χ0v) is 22.9. The van der Waals surface area contributed by atoms with Crippen molar-refractivity contribution >= 4 is 39.3 Å². The Morgan fingerprint density at radius 1 is 1.05 bits per heavy atom. The number of benzene rings is 1. The quantitative estimate of drug-likeness (QED) is 0.0901. The summed E-state index contributed by atoms with van der Waals surface area (Å²) < 4.78 is 56.4. The second-order valence-corrected chi connectivity index (χ2v) is 10.0. The number of fused-ring (bicyclic) bond motifs is 1. The van der Waals surface area contributed by atoms with E-state index in [-0.39, 0.29) is 24.4 Å². The predicted octanol–water partition coefficient (Wildman–Crippen LogP) is -0.924. The smallest absolute Gasteiger partial charge is 0.407 e. The third-order valence-electron chi connectivity index (χ3n) is 5.90. The first-order chi connectivity index (χ1) is 19.8. The lowest BCUT2D eigenvalue weighted by molar-refractivity contribution is -0.265. The Bertz CT molecular complexity index is 1440. The average molecular weight is 619 g/mol. The van der Waals surface area contributed by atoms with E-state index in [1.807, 2.05) is 0 Å². The van der Waals surface area contributed by atoms with Crippen LogP contribution in [0.15, 0.2) is 33.5 Å². The molecule has 18 heteroatoms. The van der Waals surface area contributed by atoms with E-state index in [2.05, 4.69) is 14.8 Å². The number of carboxylic acids is 1. The van der Waals surface area contributed by atoms with Gasteiger partial charge < -0.3 is 44.6 Å². The molecule has 6 N–H and O–H groups in total. The number of aliphatic carboxylic acids is 1. The molecule has 1 aromatic carbocycles. The van der Waals surface area contributed by atoms with Crippen LogP contribution in [0.25, 0.3) is 11.0 Å². The fraction of sp³-hybridized carbons (Fsp3) is 0.500. The lowest BCUT2D eigenvalue weighted by Crippen LogP contribution is -2.62. The minimum absolute atomic E-state index is 0.0636. The summed E-state index contributed by atoms with van der Waals surface area (Å²) in [6, 6.07) is 4.98. The fourth-order valence-electron chi connectivity index (χ4n) is 4.03. The highest BCUT2D eigenvalue weighted by molar-refractivity contribution is 7.80. The van der Waals surface area contributed by atoms with Crippen molar-refractivity contribution in [1.82, 2.24) is 10.6 Å². The Morgan fingerprint density at radius 2 is 1.74 bits per heavy atom. The van der Waals surface area contributed by atoms with Gasteiger partial charge in [-0.1, -0.05) is 0 Å². The maximum atomic E-state index is 12.5. The number of ether oxygens (including phenoxy) is 3. The van der Waals surface area contributed by atoms with Crippen LogP contribution < -0.4 is 21.0 Å². The normalized spacial score (nSPS) is 22.3. The molecule has 17 nitrogen and oxygen atoms in total. The molecule has 5 unspecified atom stereocenters. The van der Waals surface area contributed by atoms with Gasteiger partial charge in [-0.3, -0.25) is 9.35 Å². The average Bonchev–Trinajstić information content (AvgIpc) is 2.89. The van der Waals surface area contributed by atoms with Crippen LogP contribution in [0.5, 0.6) is 5.75 Å². The zero-order valence-electron chi connectivity index (χ0n) is 22.1. The first-order valence-corrected chi connectivity index (χ1v) is 14.0. The summed E-state index contributed by atoms with van der Waals surface area (Å²) in [5.41, 5.74) is -0.565. The monoisotopic (exact) mass is 618 g/mol. The predicted molar refractivity (Wildman–Crippen MR) is 139 cm³/mol. The molecule has 1 aromatic heterocycles. The standard InChI is InChI=1S/C24H30N2O15S/c1-2-37-24(33)26-8-4-3-7-25-16(27)9-12-10-17(28)39-15-11-13(5-6-14(12)15)38-23-21(41-42(34,35)36)19(30)18(29)20(40-23)22(31)32/h5-6,10-11,18-21,23,29-30H,2-4,7-9H2,1H3,(H,25,27)(H,26,33)(H,31,32)(H,34,35,36). The third-order valence-corrected chi connectivity index (χ3v) is 6.36. The summed E-state index contributed by atoms with van der Waals surface area (Å²) in [6.45, 7) is 2.62. The molecule has 0 aliphatic carbocycles. The zero-order chi connectivity index (χ0) is 31.0. The number of carboxylic acid groups (broad SMARTS) is 1. The van der Waals surface area contributed by atoms with E-state index < -0.39 is 64.7 Å². The van der Waals surface area contributed by atoms with E-state index in [0.29, 0.717) is 36.9 Å². The fourth-order valence-corrected chi connectivity index (χ4v) is 4.51. The molecule has 1 saturated heterocycles. The molecule has 2 aromatic rings. The minimum Gasteiger partial charge on any atom is -0.479 e. The van der Waals surface area contributed by atoms with Crippen LogP contribution in [0, 0.1) is 0 Å². The SMILES string of the molecule is CCOC(=O)NCCCCNC(=O)Cc1cc(=O)oc2cc(OC3OC(C(=O)O)C(O)C(O)C3OS(=O)(=O)O)ccc12. The van der Waals surface area contributed by atoms with Gasteiger partial charge in [-0.25, -0.2) is 18.6 Å². The third kappa shape index (κ3) is 9.10. The highest BCUT2D eigenvalue weighted by Crippen LogP contribution is 2.29. The molecule has 5 atom stereocenters. The summed E-state index contributed by atoms with van der Waals surface area (Å²) in [7, 11) is -5.22. The van der Waals surface area contributed by atoms with Crippen molar-refractivity contribution in [3.05, 3.63) is 40.2 Å². The van der Waals surface area contributed by atoms with Gasteiger partial charge in [0.15, 0.2) is 12.2 Å². The number of aliphatic hydroxyl groups is 2. The Morgan fingerprint density at radius 3 is 2.38 bits per heavy atom. The molecule has 2 heterocycles. The number of amides is 2. The van der Waals surface area contributed by atoms with Crippen molar-refractivity contribution in [2.24, 2.45) is 0 Å². The van der Waals surface area contributed by atoms with Gasteiger partial charge in [0.1, 0.15) is 23.5 Å². The van der Waals surface area contributed by atoms with Gasteiger partial charge in [0, 0.05) is 30.6 Å². The molecule has 0 spiro atoms.